The van der Waals surface area contributed by atoms with Gasteiger partial charge in [0.05, 0.1) is 5.92 Å². The Kier molecular flexibility index (Phi) is 9.51. The summed E-state index contributed by atoms with van der Waals surface area (Å²) < 4.78 is 5.66. The van der Waals surface area contributed by atoms with Gasteiger partial charge in [-0.1, -0.05) is 34.1 Å². The maximum absolute atomic E-state index is 12.9. The molecule has 0 aromatic rings. The highest BCUT2D eigenvalue weighted by atomic mass is 16.6. The van der Waals surface area contributed by atoms with E-state index in [0.717, 1.165) is 4.90 Å². The second-order valence-electron chi connectivity index (χ2n) is 9.49. The Labute approximate surface area is 200 Å². The van der Waals surface area contributed by atoms with E-state index in [1.807, 2.05) is 27.7 Å². The van der Waals surface area contributed by atoms with Gasteiger partial charge in [0.2, 0.25) is 5.91 Å². The minimum absolute atomic E-state index is 0.0204. The van der Waals surface area contributed by atoms with Gasteiger partial charge < -0.3 is 31.1 Å². The third kappa shape index (κ3) is 6.51. The number of guanidine groups is 1. The second-order valence-corrected chi connectivity index (χ2v) is 9.49. The number of unbranched alkanes of at least 4 members (excludes halogenated alkanes) is 1. The van der Waals surface area contributed by atoms with Gasteiger partial charge in [-0.2, -0.15) is 0 Å². The maximum Gasteiger partial charge on any atom is 0.410 e. The minimum Gasteiger partial charge on any atom is -0.480 e. The highest BCUT2D eigenvalue weighted by molar-refractivity contribution is 6.07. The predicted molar refractivity (Wildman–Crippen MR) is 125 cm³/mol. The van der Waals surface area contributed by atoms with Gasteiger partial charge >= 0.3 is 18.1 Å². The smallest absolute Gasteiger partial charge is 0.410 e. The number of rotatable bonds is 9. The first kappa shape index (κ1) is 27.2. The zero-order valence-corrected chi connectivity index (χ0v) is 20.5. The molecule has 0 aromatic heterocycles. The van der Waals surface area contributed by atoms with Crippen molar-refractivity contribution in [3.8, 4) is 0 Å². The van der Waals surface area contributed by atoms with Crippen LogP contribution >= 0.6 is 0 Å². The lowest BCUT2D eigenvalue weighted by molar-refractivity contribution is -0.167. The standard InChI is InChI=1S/C22H38N6O6/c1-13(2)17(14(3)4)34-22(33)27-11-9-26(10-12-27)21(32)28-16(19(30)31)15(18(28)29)7-5-6-8-25-20(23)24/h13-17H,5-12H2,1-4H3,(H,30,31)(H4,23,24,25)/t15-,16?/m1/s1. The zero-order chi connectivity index (χ0) is 25.6. The van der Waals surface area contributed by atoms with E-state index in [1.165, 1.54) is 9.80 Å². The van der Waals surface area contributed by atoms with Crippen LogP contribution < -0.4 is 11.5 Å². The highest BCUT2D eigenvalue weighted by Gasteiger charge is 2.55. The summed E-state index contributed by atoms with van der Waals surface area (Å²) in [6.07, 6.45) is 0.871. The number of likely N-dealkylation sites (tertiary alicyclic amines) is 1. The number of nitrogens with two attached hydrogens (primary N) is 2. The Morgan fingerprint density at radius 2 is 1.59 bits per heavy atom. The fourth-order valence-corrected chi connectivity index (χ4v) is 4.48. The van der Waals surface area contributed by atoms with E-state index >= 15 is 0 Å². The summed E-state index contributed by atoms with van der Waals surface area (Å²) in [5.74, 6) is -2.11. The van der Waals surface area contributed by atoms with E-state index in [0.29, 0.717) is 25.8 Å². The summed E-state index contributed by atoms with van der Waals surface area (Å²) in [7, 11) is 0. The number of ether oxygens (including phenoxy) is 1. The first-order valence-corrected chi connectivity index (χ1v) is 11.8. The van der Waals surface area contributed by atoms with Gasteiger partial charge in [-0.15, -0.1) is 0 Å². The summed E-state index contributed by atoms with van der Waals surface area (Å²) in [6, 6.07) is -1.83. The number of β-lactam (4-membered cyclic amide) rings is 1. The van der Waals surface area contributed by atoms with Crippen LogP contribution in [-0.4, -0.2) is 94.6 Å². The van der Waals surface area contributed by atoms with Gasteiger partial charge in [0, 0.05) is 32.7 Å². The normalized spacial score (nSPS) is 20.6. The molecule has 2 heterocycles. The monoisotopic (exact) mass is 482 g/mol. The lowest BCUT2D eigenvalue weighted by Gasteiger charge is -2.46. The molecule has 2 aliphatic rings. The number of aliphatic imine (C=N–C) groups is 1. The Hall–Kier alpha value is -3.05. The molecule has 12 heteroatoms. The molecule has 2 aliphatic heterocycles. The predicted octanol–water partition coefficient (Wildman–Crippen LogP) is 0.897. The topological polar surface area (TPSA) is 172 Å². The lowest BCUT2D eigenvalue weighted by atomic mass is 9.83. The molecule has 2 rings (SSSR count). The Morgan fingerprint density at radius 3 is 2.09 bits per heavy atom. The molecule has 2 atom stereocenters. The van der Waals surface area contributed by atoms with Crippen molar-refractivity contribution < 1.29 is 29.0 Å². The number of urea groups is 1. The van der Waals surface area contributed by atoms with Gasteiger partial charge in [0.25, 0.3) is 0 Å². The fourth-order valence-electron chi connectivity index (χ4n) is 4.48. The molecule has 0 saturated carbocycles. The zero-order valence-electron chi connectivity index (χ0n) is 20.5. The van der Waals surface area contributed by atoms with Crippen LogP contribution in [-0.2, 0) is 14.3 Å². The molecule has 0 spiro atoms. The largest absolute Gasteiger partial charge is 0.480 e. The summed E-state index contributed by atoms with van der Waals surface area (Å²) in [6.45, 7) is 9.27. The molecular formula is C22H38N6O6. The number of amides is 4. The first-order chi connectivity index (χ1) is 16.0. The molecule has 0 bridgehead atoms. The number of carbonyl (C=O) groups is 4. The third-order valence-corrected chi connectivity index (χ3v) is 6.25. The quantitative estimate of drug-likeness (QED) is 0.188. The number of hydrogen-bond donors (Lipinski definition) is 3. The van der Waals surface area contributed by atoms with Gasteiger partial charge in [0.1, 0.15) is 6.10 Å². The molecule has 0 aromatic carbocycles. The van der Waals surface area contributed by atoms with Crippen LogP contribution in [0.25, 0.3) is 0 Å². The Morgan fingerprint density at radius 1 is 1.03 bits per heavy atom. The van der Waals surface area contributed by atoms with Crippen LogP contribution in [0.2, 0.25) is 0 Å². The molecule has 2 saturated heterocycles. The van der Waals surface area contributed by atoms with E-state index in [4.69, 9.17) is 16.2 Å². The van der Waals surface area contributed by atoms with Crippen LogP contribution in [0.4, 0.5) is 9.59 Å². The summed E-state index contributed by atoms with van der Waals surface area (Å²) in [5.41, 5.74) is 10.5. The van der Waals surface area contributed by atoms with Crippen molar-refractivity contribution in [1.29, 1.82) is 0 Å². The van der Waals surface area contributed by atoms with E-state index in [-0.39, 0.29) is 50.1 Å². The fraction of sp³-hybridized carbons (Fsp3) is 0.773. The van der Waals surface area contributed by atoms with Crippen LogP contribution in [0.1, 0.15) is 47.0 Å². The molecule has 4 amide bonds. The minimum atomic E-state index is -1.21. The van der Waals surface area contributed by atoms with Gasteiger partial charge in [-0.3, -0.25) is 9.79 Å². The van der Waals surface area contributed by atoms with Crippen molar-refractivity contribution in [2.75, 3.05) is 32.7 Å². The van der Waals surface area contributed by atoms with E-state index in [9.17, 15) is 24.3 Å². The molecule has 2 fully saturated rings. The van der Waals surface area contributed by atoms with Crippen molar-refractivity contribution in [2.45, 2.75) is 59.1 Å². The number of carbonyl (C=O) groups excluding carboxylic acids is 3. The highest BCUT2D eigenvalue weighted by Crippen LogP contribution is 2.32. The summed E-state index contributed by atoms with van der Waals surface area (Å²) >= 11 is 0. The van der Waals surface area contributed by atoms with Crippen LogP contribution in [0.3, 0.4) is 0 Å². The average molecular weight is 483 g/mol. The number of imide groups is 1. The molecule has 192 valence electrons. The number of carboxylic acid groups (broad SMARTS) is 1. The van der Waals surface area contributed by atoms with E-state index in [2.05, 4.69) is 4.99 Å². The van der Waals surface area contributed by atoms with Gasteiger partial charge in [0.15, 0.2) is 12.0 Å². The first-order valence-electron chi connectivity index (χ1n) is 11.8. The molecule has 0 aliphatic carbocycles. The summed E-state index contributed by atoms with van der Waals surface area (Å²) in [4.78, 5) is 57.5. The lowest BCUT2D eigenvalue weighted by Crippen LogP contribution is -2.69. The van der Waals surface area contributed by atoms with E-state index in [1.54, 1.807) is 0 Å². The van der Waals surface area contributed by atoms with Crippen molar-refractivity contribution in [3.05, 3.63) is 0 Å². The number of hydrogen-bond acceptors (Lipinski definition) is 6. The number of nitrogens with zero attached hydrogens (tertiary/aromatic N) is 4. The van der Waals surface area contributed by atoms with E-state index < -0.39 is 36.0 Å². The maximum atomic E-state index is 12.9. The van der Waals surface area contributed by atoms with Gasteiger partial charge in [-0.05, 0) is 24.7 Å². The molecule has 34 heavy (non-hydrogen) atoms. The number of piperazine rings is 1. The molecule has 1 unspecified atom stereocenters. The molecular weight excluding hydrogens is 444 g/mol. The average Bonchev–Trinajstić information content (AvgIpc) is 2.76. The van der Waals surface area contributed by atoms with Crippen molar-refractivity contribution in [1.82, 2.24) is 14.7 Å². The van der Waals surface area contributed by atoms with Crippen molar-refractivity contribution in [2.24, 2.45) is 34.2 Å². The molecule has 12 nitrogen and oxygen atoms in total. The van der Waals surface area contributed by atoms with Gasteiger partial charge in [-0.25, -0.2) is 19.3 Å². The molecule has 5 N–H and O–H groups in total. The molecule has 0 radical (unpaired) electrons. The third-order valence-electron chi connectivity index (χ3n) is 6.25. The van der Waals surface area contributed by atoms with Crippen LogP contribution in [0, 0.1) is 17.8 Å². The van der Waals surface area contributed by atoms with Crippen LogP contribution in [0.15, 0.2) is 4.99 Å². The number of aliphatic carboxylic acids is 1. The summed E-state index contributed by atoms with van der Waals surface area (Å²) in [5, 5.41) is 9.61. The Bertz CT molecular complexity index is 781. The SMILES string of the molecule is CC(C)C(OC(=O)N1CCN(C(=O)N2C(=O)[C@H](CCCCN=C(N)N)C2C(=O)O)CC1)C(C)C. The number of carboxylic acids is 1. The van der Waals surface area contributed by atoms with Crippen LogP contribution in [0.5, 0.6) is 0 Å². The van der Waals surface area contributed by atoms with Crippen molar-refractivity contribution in [3.63, 3.8) is 0 Å². The van der Waals surface area contributed by atoms with Crippen molar-refractivity contribution >= 4 is 30.0 Å². The Balaban J connectivity index is 1.89. The second kappa shape index (κ2) is 11.9.